The highest BCUT2D eigenvalue weighted by atomic mass is 32.2. The van der Waals surface area contributed by atoms with Crippen molar-refractivity contribution in [3.8, 4) is 0 Å². The first-order chi connectivity index (χ1) is 9.35. The van der Waals surface area contributed by atoms with Crippen molar-refractivity contribution in [1.29, 1.82) is 0 Å². The van der Waals surface area contributed by atoms with Gasteiger partial charge in [-0.05, 0) is 44.0 Å². The predicted molar refractivity (Wildman–Crippen MR) is 74.6 cm³/mol. The van der Waals surface area contributed by atoms with E-state index in [9.17, 15) is 12.8 Å². The number of hydrogen-bond donors (Lipinski definition) is 1. The number of aromatic nitrogens is 2. The smallest absolute Gasteiger partial charge is 0.268 e. The molecule has 0 amide bonds. The summed E-state index contributed by atoms with van der Waals surface area (Å²) in [5.41, 5.74) is 2.41. The molecule has 0 atom stereocenters. The Morgan fingerprint density at radius 3 is 2.55 bits per heavy atom. The molecule has 0 spiro atoms. The molecule has 1 aromatic carbocycles. The average Bonchev–Trinajstić information content (AvgIpc) is 2.75. The van der Waals surface area contributed by atoms with Gasteiger partial charge in [0.2, 0.25) is 5.95 Å². The minimum atomic E-state index is -3.97. The third-order valence-electron chi connectivity index (χ3n) is 3.09. The van der Waals surface area contributed by atoms with Gasteiger partial charge in [0.05, 0.1) is 6.20 Å². The van der Waals surface area contributed by atoms with Crippen LogP contribution in [0.25, 0.3) is 0 Å². The molecule has 0 aliphatic carbocycles. The van der Waals surface area contributed by atoms with Gasteiger partial charge in [0.1, 0.15) is 0 Å². The van der Waals surface area contributed by atoms with Crippen molar-refractivity contribution < 1.29 is 12.8 Å². The van der Waals surface area contributed by atoms with Gasteiger partial charge in [-0.15, -0.1) is 0 Å². The summed E-state index contributed by atoms with van der Waals surface area (Å²) in [4.78, 5) is -0.447. The predicted octanol–water partition coefficient (Wildman–Crippen LogP) is 2.46. The minimum absolute atomic E-state index is 0.269. The molecule has 0 saturated carbocycles. The number of halogens is 1. The van der Waals surface area contributed by atoms with Gasteiger partial charge >= 0.3 is 0 Å². The summed E-state index contributed by atoms with van der Waals surface area (Å²) in [5, 5.41) is 3.70. The third kappa shape index (κ3) is 2.67. The molecule has 1 heterocycles. The Kier molecular flexibility index (Phi) is 3.80. The SMILES string of the molecule is CCn1ncc(S(=O)(=O)Nc2ccc(C)c(C)c2)c1F. The lowest BCUT2D eigenvalue weighted by Crippen LogP contribution is -2.14. The average molecular weight is 297 g/mol. The maximum atomic E-state index is 13.9. The first kappa shape index (κ1) is 14.5. The van der Waals surface area contributed by atoms with Crippen LogP contribution >= 0.6 is 0 Å². The Morgan fingerprint density at radius 1 is 1.30 bits per heavy atom. The molecule has 0 aliphatic rings. The van der Waals surface area contributed by atoms with E-state index < -0.39 is 20.9 Å². The van der Waals surface area contributed by atoms with E-state index in [1.165, 1.54) is 0 Å². The molecule has 7 heteroatoms. The summed E-state index contributed by atoms with van der Waals surface area (Å²) in [6, 6.07) is 5.15. The number of benzene rings is 1. The fraction of sp³-hybridized carbons (Fsp3) is 0.308. The van der Waals surface area contributed by atoms with E-state index in [2.05, 4.69) is 9.82 Å². The van der Waals surface area contributed by atoms with Crippen LogP contribution in [0.5, 0.6) is 0 Å². The Labute approximate surface area is 117 Å². The molecular formula is C13H16FN3O2S. The van der Waals surface area contributed by atoms with Crippen molar-refractivity contribution in [1.82, 2.24) is 9.78 Å². The second-order valence-corrected chi connectivity index (χ2v) is 6.17. The van der Waals surface area contributed by atoms with E-state index in [1.54, 1.807) is 25.1 Å². The lowest BCUT2D eigenvalue weighted by Gasteiger charge is -2.08. The van der Waals surface area contributed by atoms with Gasteiger partial charge in [0, 0.05) is 12.2 Å². The standard InChI is InChI=1S/C13H16FN3O2S/c1-4-17-13(14)12(8-15-17)20(18,19)16-11-6-5-9(2)10(3)7-11/h5-8,16H,4H2,1-3H3. The van der Waals surface area contributed by atoms with Crippen molar-refractivity contribution in [2.45, 2.75) is 32.2 Å². The van der Waals surface area contributed by atoms with E-state index in [0.717, 1.165) is 22.0 Å². The number of anilines is 1. The maximum absolute atomic E-state index is 13.9. The lowest BCUT2D eigenvalue weighted by atomic mass is 10.1. The first-order valence-electron chi connectivity index (χ1n) is 6.16. The number of nitrogens with zero attached hydrogens (tertiary/aromatic N) is 2. The van der Waals surface area contributed by atoms with Crippen molar-refractivity contribution in [2.75, 3.05) is 4.72 Å². The fourth-order valence-electron chi connectivity index (χ4n) is 1.77. The quantitative estimate of drug-likeness (QED) is 0.943. The Balaban J connectivity index is 2.35. The van der Waals surface area contributed by atoms with Gasteiger partial charge in [0.25, 0.3) is 10.0 Å². The molecule has 5 nitrogen and oxygen atoms in total. The first-order valence-corrected chi connectivity index (χ1v) is 7.65. The molecule has 0 saturated heterocycles. The number of rotatable bonds is 4. The normalized spacial score (nSPS) is 11.6. The number of aryl methyl sites for hydroxylation is 3. The van der Waals surface area contributed by atoms with Crippen LogP contribution in [0.2, 0.25) is 0 Å². The van der Waals surface area contributed by atoms with E-state index >= 15 is 0 Å². The number of hydrogen-bond acceptors (Lipinski definition) is 3. The molecule has 2 rings (SSSR count). The largest absolute Gasteiger partial charge is 0.279 e. The molecule has 20 heavy (non-hydrogen) atoms. The highest BCUT2D eigenvalue weighted by molar-refractivity contribution is 7.92. The molecule has 0 unspecified atom stereocenters. The zero-order valence-electron chi connectivity index (χ0n) is 11.5. The molecule has 0 fully saturated rings. The Bertz CT molecular complexity index is 738. The van der Waals surface area contributed by atoms with Gasteiger partial charge in [-0.2, -0.15) is 9.49 Å². The molecule has 0 bridgehead atoms. The second kappa shape index (κ2) is 5.24. The Morgan fingerprint density at radius 2 is 2.00 bits per heavy atom. The van der Waals surface area contributed by atoms with E-state index in [0.29, 0.717) is 5.69 Å². The highest BCUT2D eigenvalue weighted by Gasteiger charge is 2.23. The third-order valence-corrected chi connectivity index (χ3v) is 4.45. The molecule has 0 aliphatic heterocycles. The highest BCUT2D eigenvalue weighted by Crippen LogP contribution is 2.20. The van der Waals surface area contributed by atoms with Crippen LogP contribution in [-0.4, -0.2) is 18.2 Å². The topological polar surface area (TPSA) is 64.0 Å². The lowest BCUT2D eigenvalue weighted by molar-refractivity contribution is 0.455. The van der Waals surface area contributed by atoms with Crippen LogP contribution in [0.1, 0.15) is 18.1 Å². The van der Waals surface area contributed by atoms with Crippen LogP contribution < -0.4 is 4.72 Å². The molecule has 1 N–H and O–H groups in total. The second-order valence-electron chi connectivity index (χ2n) is 4.52. The summed E-state index contributed by atoms with van der Waals surface area (Å²) in [6.07, 6.45) is 1.02. The van der Waals surface area contributed by atoms with Crippen molar-refractivity contribution in [3.05, 3.63) is 41.5 Å². The monoisotopic (exact) mass is 297 g/mol. The van der Waals surface area contributed by atoms with Crippen molar-refractivity contribution in [2.24, 2.45) is 0 Å². The molecule has 1 aromatic heterocycles. The zero-order valence-corrected chi connectivity index (χ0v) is 12.3. The minimum Gasteiger partial charge on any atom is -0.279 e. The summed E-state index contributed by atoms with van der Waals surface area (Å²) in [7, 11) is -3.97. The van der Waals surface area contributed by atoms with Gasteiger partial charge in [-0.1, -0.05) is 6.07 Å². The van der Waals surface area contributed by atoms with Gasteiger partial charge in [0.15, 0.2) is 4.90 Å². The van der Waals surface area contributed by atoms with Crippen molar-refractivity contribution in [3.63, 3.8) is 0 Å². The summed E-state index contributed by atoms with van der Waals surface area (Å²) in [6.45, 7) is 5.76. The van der Waals surface area contributed by atoms with Crippen LogP contribution in [0, 0.1) is 19.8 Å². The van der Waals surface area contributed by atoms with Gasteiger partial charge in [-0.25, -0.2) is 13.1 Å². The van der Waals surface area contributed by atoms with E-state index in [1.807, 2.05) is 13.8 Å². The molecule has 2 aromatic rings. The van der Waals surface area contributed by atoms with E-state index in [-0.39, 0.29) is 6.54 Å². The summed E-state index contributed by atoms with van der Waals surface area (Å²) < 4.78 is 41.5. The van der Waals surface area contributed by atoms with Crippen molar-refractivity contribution >= 4 is 15.7 Å². The zero-order chi connectivity index (χ0) is 14.9. The molecular weight excluding hydrogens is 281 g/mol. The van der Waals surface area contributed by atoms with E-state index in [4.69, 9.17) is 0 Å². The molecule has 0 radical (unpaired) electrons. The number of sulfonamides is 1. The van der Waals surface area contributed by atoms with Gasteiger partial charge < -0.3 is 0 Å². The van der Waals surface area contributed by atoms with Crippen LogP contribution in [0.4, 0.5) is 10.1 Å². The summed E-state index contributed by atoms with van der Waals surface area (Å²) >= 11 is 0. The maximum Gasteiger partial charge on any atom is 0.268 e. The molecule has 108 valence electrons. The van der Waals surface area contributed by atoms with Crippen LogP contribution in [0.3, 0.4) is 0 Å². The van der Waals surface area contributed by atoms with Gasteiger partial charge in [-0.3, -0.25) is 4.72 Å². The number of nitrogens with one attached hydrogen (secondary N) is 1. The Hall–Kier alpha value is -1.89. The summed E-state index contributed by atoms with van der Waals surface area (Å²) in [5.74, 6) is -0.858. The fourth-order valence-corrected chi connectivity index (χ4v) is 2.83. The van der Waals surface area contributed by atoms with Crippen LogP contribution in [-0.2, 0) is 16.6 Å². The van der Waals surface area contributed by atoms with Crippen LogP contribution in [0.15, 0.2) is 29.3 Å².